The van der Waals surface area contributed by atoms with Crippen molar-refractivity contribution in [2.45, 2.75) is 13.3 Å². The third-order valence-corrected chi connectivity index (χ3v) is 2.49. The first kappa shape index (κ1) is 14.0. The van der Waals surface area contributed by atoms with Crippen molar-refractivity contribution in [3.05, 3.63) is 29.1 Å². The van der Waals surface area contributed by atoms with Gasteiger partial charge in [-0.3, -0.25) is 4.79 Å². The second-order valence-corrected chi connectivity index (χ2v) is 3.91. The van der Waals surface area contributed by atoms with Gasteiger partial charge >= 0.3 is 11.9 Å². The highest BCUT2D eigenvalue weighted by molar-refractivity contribution is 5.92. The number of rotatable bonds is 4. The molecule has 1 aromatic rings. The highest BCUT2D eigenvalue weighted by atomic mass is 19.1. The van der Waals surface area contributed by atoms with Crippen molar-refractivity contribution in [1.29, 1.82) is 0 Å². The van der Waals surface area contributed by atoms with Crippen molar-refractivity contribution in [2.75, 3.05) is 7.11 Å². The maximum Gasteiger partial charge on any atom is 0.341 e. The molecule has 1 unspecified atom stereocenters. The minimum Gasteiger partial charge on any atom is -0.504 e. The monoisotopic (exact) mass is 256 g/mol. The van der Waals surface area contributed by atoms with E-state index in [1.54, 1.807) is 0 Å². The first-order chi connectivity index (χ1) is 8.36. The molecule has 0 saturated heterocycles. The summed E-state index contributed by atoms with van der Waals surface area (Å²) in [6.07, 6.45) is 0.0521. The molecule has 0 aliphatic heterocycles. The van der Waals surface area contributed by atoms with Crippen LogP contribution in [-0.2, 0) is 16.0 Å². The Balaban J connectivity index is 3.12. The molecule has 5 nitrogen and oxygen atoms in total. The normalized spacial score (nSPS) is 11.9. The Morgan fingerprint density at radius 1 is 1.44 bits per heavy atom. The van der Waals surface area contributed by atoms with E-state index < -0.39 is 29.4 Å². The maximum absolute atomic E-state index is 13.4. The van der Waals surface area contributed by atoms with Gasteiger partial charge in [0.15, 0.2) is 11.6 Å². The van der Waals surface area contributed by atoms with E-state index in [1.807, 2.05) is 0 Å². The van der Waals surface area contributed by atoms with E-state index in [4.69, 9.17) is 5.11 Å². The number of hydrogen-bond donors (Lipinski definition) is 2. The largest absolute Gasteiger partial charge is 0.504 e. The highest BCUT2D eigenvalue weighted by Gasteiger charge is 2.19. The summed E-state index contributed by atoms with van der Waals surface area (Å²) in [7, 11) is 1.10. The molecule has 1 atom stereocenters. The Morgan fingerprint density at radius 3 is 2.56 bits per heavy atom. The number of carbonyl (C=O) groups excluding carboxylic acids is 1. The van der Waals surface area contributed by atoms with E-state index in [9.17, 15) is 19.1 Å². The Labute approximate surface area is 103 Å². The number of carbonyl (C=O) groups is 2. The second kappa shape index (κ2) is 5.48. The smallest absolute Gasteiger partial charge is 0.341 e. The standard InChI is InChI=1S/C12H13FO5/c1-6(11(15)16)3-7-4-8(12(17)18-2)10(14)9(13)5-7/h4-6,14H,3H2,1-2H3,(H,15,16). The average Bonchev–Trinajstić information content (AvgIpc) is 2.32. The van der Waals surface area contributed by atoms with Gasteiger partial charge in [-0.2, -0.15) is 0 Å². The topological polar surface area (TPSA) is 83.8 Å². The maximum atomic E-state index is 13.4. The Bertz CT molecular complexity index is 484. The molecule has 0 saturated carbocycles. The number of methoxy groups -OCH3 is 1. The summed E-state index contributed by atoms with van der Waals surface area (Å²) < 4.78 is 17.8. The first-order valence-corrected chi connectivity index (χ1v) is 5.19. The first-order valence-electron chi connectivity index (χ1n) is 5.19. The molecule has 0 fully saturated rings. The van der Waals surface area contributed by atoms with Crippen LogP contribution in [0, 0.1) is 11.7 Å². The number of aromatic hydroxyl groups is 1. The summed E-state index contributed by atoms with van der Waals surface area (Å²) in [5.74, 6) is -4.40. The predicted octanol–water partition coefficient (Wildman–Crippen LogP) is 1.58. The molecule has 0 bridgehead atoms. The number of ether oxygens (including phenoxy) is 1. The van der Waals surface area contributed by atoms with E-state index in [0.29, 0.717) is 5.56 Å². The molecule has 0 radical (unpaired) electrons. The lowest BCUT2D eigenvalue weighted by molar-refractivity contribution is -0.141. The summed E-state index contributed by atoms with van der Waals surface area (Å²) in [5, 5.41) is 18.1. The van der Waals surface area contributed by atoms with Crippen LogP contribution in [0.15, 0.2) is 12.1 Å². The van der Waals surface area contributed by atoms with Crippen molar-refractivity contribution >= 4 is 11.9 Å². The fourth-order valence-corrected chi connectivity index (χ4v) is 1.48. The van der Waals surface area contributed by atoms with Gasteiger partial charge in [0.05, 0.1) is 13.0 Å². The van der Waals surface area contributed by atoms with Crippen molar-refractivity contribution in [1.82, 2.24) is 0 Å². The minimum absolute atomic E-state index is 0.0521. The molecular formula is C12H13FO5. The zero-order chi connectivity index (χ0) is 13.9. The number of benzene rings is 1. The number of hydrogen-bond acceptors (Lipinski definition) is 4. The van der Waals surface area contributed by atoms with Crippen LogP contribution in [0.1, 0.15) is 22.8 Å². The van der Waals surface area contributed by atoms with Crippen LogP contribution in [0.4, 0.5) is 4.39 Å². The third kappa shape index (κ3) is 2.97. The molecule has 1 aromatic carbocycles. The summed E-state index contributed by atoms with van der Waals surface area (Å²) >= 11 is 0. The summed E-state index contributed by atoms with van der Waals surface area (Å²) in [5.41, 5.74) is -0.00862. The number of halogens is 1. The van der Waals surface area contributed by atoms with Crippen LogP contribution in [0.25, 0.3) is 0 Å². The molecule has 2 N–H and O–H groups in total. The van der Waals surface area contributed by atoms with Crippen LogP contribution in [0.2, 0.25) is 0 Å². The molecule has 0 spiro atoms. The highest BCUT2D eigenvalue weighted by Crippen LogP contribution is 2.25. The van der Waals surface area contributed by atoms with Gasteiger partial charge in [0.1, 0.15) is 5.56 Å². The molecule has 98 valence electrons. The number of phenols is 1. The van der Waals surface area contributed by atoms with Crippen LogP contribution in [-0.4, -0.2) is 29.3 Å². The molecule has 0 heterocycles. The number of carboxylic acid groups (broad SMARTS) is 1. The average molecular weight is 256 g/mol. The predicted molar refractivity (Wildman–Crippen MR) is 59.9 cm³/mol. The summed E-state index contributed by atoms with van der Waals surface area (Å²) in [4.78, 5) is 22.0. The quantitative estimate of drug-likeness (QED) is 0.799. The van der Waals surface area contributed by atoms with Gasteiger partial charge < -0.3 is 14.9 Å². The molecule has 1 rings (SSSR count). The Morgan fingerprint density at radius 2 is 2.06 bits per heavy atom. The second-order valence-electron chi connectivity index (χ2n) is 3.91. The number of esters is 1. The van der Waals surface area contributed by atoms with Crippen LogP contribution in [0.5, 0.6) is 5.75 Å². The Hall–Kier alpha value is -2.11. The van der Waals surface area contributed by atoms with E-state index >= 15 is 0 Å². The third-order valence-electron chi connectivity index (χ3n) is 2.49. The van der Waals surface area contributed by atoms with E-state index in [1.165, 1.54) is 13.0 Å². The van der Waals surface area contributed by atoms with E-state index in [2.05, 4.69) is 4.74 Å². The van der Waals surface area contributed by atoms with Crippen molar-refractivity contribution in [3.8, 4) is 5.75 Å². The molecular weight excluding hydrogens is 243 g/mol. The van der Waals surface area contributed by atoms with Gasteiger partial charge in [0.2, 0.25) is 0 Å². The van der Waals surface area contributed by atoms with E-state index in [-0.39, 0.29) is 12.0 Å². The zero-order valence-corrected chi connectivity index (χ0v) is 9.94. The zero-order valence-electron chi connectivity index (χ0n) is 9.94. The molecule has 0 aromatic heterocycles. The fourth-order valence-electron chi connectivity index (χ4n) is 1.48. The van der Waals surface area contributed by atoms with Gasteiger partial charge in [0, 0.05) is 0 Å². The van der Waals surface area contributed by atoms with Gasteiger partial charge in [-0.25, -0.2) is 9.18 Å². The van der Waals surface area contributed by atoms with Gasteiger partial charge in [-0.15, -0.1) is 0 Å². The summed E-state index contributed by atoms with van der Waals surface area (Å²) in [6.45, 7) is 1.46. The molecule has 18 heavy (non-hydrogen) atoms. The molecule has 6 heteroatoms. The van der Waals surface area contributed by atoms with Crippen molar-refractivity contribution < 1.29 is 28.9 Å². The SMILES string of the molecule is COC(=O)c1cc(CC(C)C(=O)O)cc(F)c1O. The lowest BCUT2D eigenvalue weighted by Gasteiger charge is -2.09. The van der Waals surface area contributed by atoms with Gasteiger partial charge in [-0.05, 0) is 24.1 Å². The van der Waals surface area contributed by atoms with Crippen molar-refractivity contribution in [3.63, 3.8) is 0 Å². The van der Waals surface area contributed by atoms with Crippen molar-refractivity contribution in [2.24, 2.45) is 5.92 Å². The lowest BCUT2D eigenvalue weighted by Crippen LogP contribution is -2.13. The van der Waals surface area contributed by atoms with Crippen LogP contribution in [0.3, 0.4) is 0 Å². The van der Waals surface area contributed by atoms with Crippen LogP contribution < -0.4 is 0 Å². The van der Waals surface area contributed by atoms with Gasteiger partial charge in [-0.1, -0.05) is 6.92 Å². The molecule has 0 amide bonds. The number of aliphatic carboxylic acids is 1. The van der Waals surface area contributed by atoms with E-state index in [0.717, 1.165) is 13.2 Å². The van der Waals surface area contributed by atoms with Crippen LogP contribution >= 0.6 is 0 Å². The molecule has 0 aliphatic carbocycles. The summed E-state index contributed by atoms with van der Waals surface area (Å²) in [6, 6.07) is 2.23. The molecule has 0 aliphatic rings. The number of carboxylic acids is 1. The number of phenolic OH excluding ortho intramolecular Hbond substituents is 1. The van der Waals surface area contributed by atoms with Gasteiger partial charge in [0.25, 0.3) is 0 Å². The lowest BCUT2D eigenvalue weighted by atomic mass is 9.99. The Kier molecular flexibility index (Phi) is 4.25. The minimum atomic E-state index is -1.02. The fraction of sp³-hybridized carbons (Fsp3) is 0.333.